The maximum Gasteiger partial charge on any atom is 0.647 e. The first-order chi connectivity index (χ1) is 27.5. The topological polar surface area (TPSA) is 58.2 Å². The Morgan fingerprint density at radius 2 is 0.523 bits per heavy atom. The molecule has 0 aliphatic carbocycles. The molecule has 1 aromatic rings. The van der Waals surface area contributed by atoms with Crippen LogP contribution in [0.4, 0.5) is 168 Å². The molecule has 1 unspecified atom stereocenters. The van der Waals surface area contributed by atoms with Crippen molar-refractivity contribution in [1.82, 2.24) is 0 Å². The van der Waals surface area contributed by atoms with E-state index in [4.69, 9.17) is 0 Å². The minimum absolute atomic E-state index is 0.347. The van der Waals surface area contributed by atoms with Crippen molar-refractivity contribution in [3.05, 3.63) is 29.3 Å². The molecule has 0 saturated carbocycles. The molecule has 0 bridgehead atoms. The van der Waals surface area contributed by atoms with Crippen LogP contribution in [0.15, 0.2) is 18.2 Å². The van der Waals surface area contributed by atoms with Gasteiger partial charge in [0.2, 0.25) is 0 Å². The summed E-state index contributed by atoms with van der Waals surface area (Å²) >= 11 is 0. The van der Waals surface area contributed by atoms with Crippen molar-refractivity contribution in [2.45, 2.75) is 101 Å². The van der Waals surface area contributed by atoms with Gasteiger partial charge in [-0.2, -0.15) is 149 Å². The minimum Gasteiger partial charge on any atom is -0.214 e. The van der Waals surface area contributed by atoms with Crippen LogP contribution >= 0.6 is 0 Å². The monoisotopic (exact) mass is 1080 g/mol. The van der Waals surface area contributed by atoms with Gasteiger partial charge in [0.25, 0.3) is 0 Å². The Hall–Kier alpha value is -3.50. The van der Waals surface area contributed by atoms with E-state index in [9.17, 15) is 171 Å². The number of nitrogens with one attached hydrogen (secondary N) is 1. The molecule has 0 saturated heterocycles. The molecule has 0 amide bonds. The molecule has 1 N–H and O–H groups in total. The van der Waals surface area contributed by atoms with Crippen LogP contribution < -0.4 is 5.48 Å². The highest BCUT2D eigenvalue weighted by atomic mass is 32.3. The van der Waals surface area contributed by atoms with E-state index in [0.29, 0.717) is 0 Å². The summed E-state index contributed by atoms with van der Waals surface area (Å²) in [6.45, 7) is 0. The first-order valence-corrected chi connectivity index (χ1v) is 15.3. The molecule has 42 heteroatoms. The van der Waals surface area contributed by atoms with E-state index in [2.05, 4.69) is 4.28 Å². The van der Waals surface area contributed by atoms with Gasteiger partial charge in [-0.05, 0) is 26.7 Å². The smallest absolute Gasteiger partial charge is 0.214 e. The summed E-state index contributed by atoms with van der Waals surface area (Å²) in [5.74, 6) is -129. The van der Waals surface area contributed by atoms with Crippen molar-refractivity contribution in [3.8, 4) is 0 Å². The molecule has 383 valence electrons. The molecule has 1 radical (unpaired) electrons. The predicted molar refractivity (Wildman–Crippen MR) is 125 cm³/mol. The van der Waals surface area contributed by atoms with Crippen LogP contribution in [0.25, 0.3) is 0 Å². The number of hydrogen-bond donors (Lipinski definition) is 1. The molecule has 65 heavy (non-hydrogen) atoms. The molecular weight excluding hydrogens is 1070 g/mol. The number of benzene rings is 1. The van der Waals surface area contributed by atoms with E-state index in [0.717, 1.165) is 0 Å². The van der Waals surface area contributed by atoms with Crippen LogP contribution in [0.1, 0.15) is 11.1 Å². The molecular formula is C23H4F37NO3S+. The van der Waals surface area contributed by atoms with E-state index < -0.39 is 146 Å². The quantitative estimate of drug-likeness (QED) is 0.0961. The second-order valence-corrected chi connectivity index (χ2v) is 13.5. The van der Waals surface area contributed by atoms with Crippen LogP contribution in [0.2, 0.25) is 0 Å². The molecule has 1 aromatic carbocycles. The molecule has 0 heterocycles. The maximum absolute atomic E-state index is 15.0. The van der Waals surface area contributed by atoms with Gasteiger partial charge in [-0.1, -0.05) is 0 Å². The summed E-state index contributed by atoms with van der Waals surface area (Å²) in [5.41, 5.74) is -19.7. The van der Waals surface area contributed by atoms with Crippen molar-refractivity contribution in [2.24, 2.45) is 0 Å². The molecule has 0 aliphatic rings. The lowest BCUT2D eigenvalue weighted by molar-refractivity contribution is -0.463. The lowest BCUT2D eigenvalue weighted by Crippen LogP contribution is -2.74. The summed E-state index contributed by atoms with van der Waals surface area (Å²) < 4.78 is 529. The third-order valence-electron chi connectivity index (χ3n) is 7.65. The fourth-order valence-corrected chi connectivity index (χ4v) is 4.19. The van der Waals surface area contributed by atoms with Crippen LogP contribution in [0.5, 0.6) is 0 Å². The van der Waals surface area contributed by atoms with Crippen LogP contribution in [-0.2, 0) is 35.4 Å². The highest BCUT2D eigenvalue weighted by Crippen LogP contribution is 2.68. The molecule has 0 spiro atoms. The predicted octanol–water partition coefficient (Wildman–Crippen LogP) is 13.2. The Morgan fingerprint density at radius 3 is 0.723 bits per heavy atom. The van der Waals surface area contributed by atoms with E-state index in [1.54, 1.807) is 0 Å². The largest absolute Gasteiger partial charge is 0.647 e. The van der Waals surface area contributed by atoms with Gasteiger partial charge in [-0.15, -0.1) is 13.2 Å². The fourth-order valence-electron chi connectivity index (χ4n) is 3.89. The summed E-state index contributed by atoms with van der Waals surface area (Å²) in [4.78, 5) is 0. The van der Waals surface area contributed by atoms with Crippen molar-refractivity contribution in [1.29, 1.82) is 0 Å². The van der Waals surface area contributed by atoms with Crippen LogP contribution in [0, 0.1) is 0 Å². The van der Waals surface area contributed by atoms with E-state index in [1.165, 1.54) is 0 Å². The number of halogens is 37. The van der Waals surface area contributed by atoms with Gasteiger partial charge in [-0.25, -0.2) is 5.48 Å². The van der Waals surface area contributed by atoms with E-state index in [-0.39, 0.29) is 5.48 Å². The zero-order valence-corrected chi connectivity index (χ0v) is 28.7. The van der Waals surface area contributed by atoms with Gasteiger partial charge in [-0.3, -0.25) is 0 Å². The normalized spacial score (nSPS) is 17.3. The van der Waals surface area contributed by atoms with Crippen molar-refractivity contribution >= 4 is 16.2 Å². The Balaban J connectivity index is 4.46. The minimum atomic E-state index is -9.62. The van der Waals surface area contributed by atoms with Gasteiger partial charge in [0.1, 0.15) is 0 Å². The second kappa shape index (κ2) is 15.3. The van der Waals surface area contributed by atoms with Crippen LogP contribution in [-0.4, -0.2) is 88.9 Å². The summed E-state index contributed by atoms with van der Waals surface area (Å²) in [6.07, 6.45) is -16.7. The molecule has 0 fully saturated rings. The van der Waals surface area contributed by atoms with Gasteiger partial charge < -0.3 is 0 Å². The zero-order valence-electron chi connectivity index (χ0n) is 27.8. The first-order valence-electron chi connectivity index (χ1n) is 13.9. The first kappa shape index (κ1) is 59.5. The van der Waals surface area contributed by atoms with Crippen molar-refractivity contribution in [3.63, 3.8) is 0 Å². The number of rotatable bonds is 17. The third kappa shape index (κ3) is 7.94. The summed E-state index contributed by atoms with van der Waals surface area (Å²) in [7, 11) is -7.65. The van der Waals surface area contributed by atoms with E-state index in [1.807, 2.05) is 0 Å². The van der Waals surface area contributed by atoms with Gasteiger partial charge in [0.05, 0.1) is 10.2 Å². The Labute approximate surface area is 328 Å². The average Bonchev–Trinajstić information content (AvgIpc) is 3.07. The molecule has 0 aromatic heterocycles. The highest BCUT2D eigenvalue weighted by molar-refractivity contribution is 7.93. The summed E-state index contributed by atoms with van der Waals surface area (Å²) in [6, 6.07) is -6.49. The number of alkyl halides is 37. The molecule has 1 atom stereocenters. The molecule has 1 rings (SSSR count). The second-order valence-electron chi connectivity index (χ2n) is 11.9. The molecule has 0 aliphatic heterocycles. The van der Waals surface area contributed by atoms with Crippen molar-refractivity contribution in [2.75, 3.05) is 5.48 Å². The Bertz CT molecular complexity index is 1840. The highest BCUT2D eigenvalue weighted by Gasteiger charge is 2.97. The Morgan fingerprint density at radius 1 is 0.323 bits per heavy atom. The zero-order chi connectivity index (χ0) is 53.3. The van der Waals surface area contributed by atoms with Gasteiger partial charge in [0.15, 0.2) is 0 Å². The lowest BCUT2D eigenvalue weighted by atomic mass is 9.85. The Kier molecular flexibility index (Phi) is 14.0. The standard InChI is InChI=1S/C23H4F37NO3S/c24-7(25,9(28,29)11(32,33)13(36,37)15(40,41)17(44,45)19(48,49)21(52,53)54)4-1-5(3-6(2-4)61-64-65(62,63)23(58,59)60)8(26,27)10(30,31)12(34,35)14(38,39)16(42,43)18(46,47)20(50,51)22(55,56)57/h1-3,61H/q+1. The fraction of sp³-hybridized carbons (Fsp3) is 0.739. The summed E-state index contributed by atoms with van der Waals surface area (Å²) in [5, 5.41) is 0. The van der Waals surface area contributed by atoms with Crippen LogP contribution in [0.3, 0.4) is 0 Å². The lowest BCUT2D eigenvalue weighted by Gasteiger charge is -2.43. The average molecular weight is 1080 g/mol. The maximum atomic E-state index is 15.0. The SMILES string of the molecule is [O][S+](=O)(ONc1cc(C(F)(F)C(F)(F)C(F)(F)C(F)(F)C(F)(F)C(F)(F)C(F)(F)C(F)(F)F)cc(C(F)(F)C(F)(F)C(F)(F)C(F)(F)C(F)(F)C(F)(F)C(F)(F)C(F)(F)F)c1)C(F)(F)F. The number of anilines is 1. The van der Waals surface area contributed by atoms with Gasteiger partial charge in [0, 0.05) is 11.1 Å². The molecule has 4 nitrogen and oxygen atoms in total. The van der Waals surface area contributed by atoms with Crippen molar-refractivity contribution < 1.29 is 175 Å². The van der Waals surface area contributed by atoms with Gasteiger partial charge >= 0.3 is 111 Å². The third-order valence-corrected chi connectivity index (χ3v) is 8.52. The number of hydrogen-bond acceptors (Lipinski definition) is 3. The van der Waals surface area contributed by atoms with E-state index >= 15 is 0 Å².